The number of carbonyl (C=O) groups excluding carboxylic acids is 2. The molecule has 33 heavy (non-hydrogen) atoms. The number of nitrogens with zero attached hydrogens (tertiary/aromatic N) is 1. The van der Waals surface area contributed by atoms with E-state index in [4.69, 9.17) is 9.47 Å². The minimum atomic E-state index is -0.300. The first-order valence-electron chi connectivity index (χ1n) is 11.0. The number of nitrogens with one attached hydrogen (secondary N) is 1. The highest BCUT2D eigenvalue weighted by atomic mass is 32.1. The first kappa shape index (κ1) is 23.0. The van der Waals surface area contributed by atoms with E-state index >= 15 is 0 Å². The predicted octanol–water partition coefficient (Wildman–Crippen LogP) is 4.83. The van der Waals surface area contributed by atoms with Crippen LogP contribution in [0.25, 0.3) is 10.4 Å². The third-order valence-corrected chi connectivity index (χ3v) is 6.77. The summed E-state index contributed by atoms with van der Waals surface area (Å²) in [6.45, 7) is 7.90. The Kier molecular flexibility index (Phi) is 7.11. The van der Waals surface area contributed by atoms with Crippen molar-refractivity contribution in [3.63, 3.8) is 0 Å². The fraction of sp³-hybridized carbons (Fsp3) is 0.308. The average molecular weight is 465 g/mol. The number of anilines is 1. The summed E-state index contributed by atoms with van der Waals surface area (Å²) in [5, 5.41) is 3.49. The smallest absolute Gasteiger partial charge is 0.262 e. The summed E-state index contributed by atoms with van der Waals surface area (Å²) in [4.78, 5) is 29.0. The zero-order valence-corrected chi connectivity index (χ0v) is 20.0. The normalized spacial score (nSPS) is 13.6. The van der Waals surface area contributed by atoms with Gasteiger partial charge in [0.15, 0.2) is 6.61 Å². The second-order valence-electron chi connectivity index (χ2n) is 8.19. The van der Waals surface area contributed by atoms with Gasteiger partial charge in [-0.25, -0.2) is 0 Å². The number of thiophene rings is 1. The highest BCUT2D eigenvalue weighted by Gasteiger charge is 2.28. The second-order valence-corrected chi connectivity index (χ2v) is 9.21. The van der Waals surface area contributed by atoms with Gasteiger partial charge >= 0.3 is 0 Å². The van der Waals surface area contributed by atoms with Crippen LogP contribution in [-0.4, -0.2) is 49.6 Å². The Hall–Kier alpha value is -3.16. The average Bonchev–Trinajstić information content (AvgIpc) is 3.13. The molecule has 1 fully saturated rings. The minimum Gasteiger partial charge on any atom is -0.484 e. The number of amides is 2. The maximum Gasteiger partial charge on any atom is 0.262 e. The van der Waals surface area contributed by atoms with E-state index in [9.17, 15) is 9.59 Å². The van der Waals surface area contributed by atoms with Crippen LogP contribution in [0.15, 0.2) is 48.5 Å². The van der Waals surface area contributed by atoms with E-state index in [-0.39, 0.29) is 18.4 Å². The summed E-state index contributed by atoms with van der Waals surface area (Å²) in [6.07, 6.45) is 0. The van der Waals surface area contributed by atoms with Crippen LogP contribution in [0.4, 0.5) is 5.00 Å². The van der Waals surface area contributed by atoms with E-state index in [1.807, 2.05) is 63.2 Å². The fourth-order valence-electron chi connectivity index (χ4n) is 3.98. The number of carbonyl (C=O) groups is 2. The third kappa shape index (κ3) is 5.43. The molecule has 0 radical (unpaired) electrons. The molecule has 1 saturated heterocycles. The Labute approximate surface area is 198 Å². The van der Waals surface area contributed by atoms with Crippen LogP contribution < -0.4 is 10.1 Å². The number of morpholine rings is 1. The van der Waals surface area contributed by atoms with Crippen LogP contribution in [0.1, 0.15) is 27.0 Å². The lowest BCUT2D eigenvalue weighted by Gasteiger charge is -2.27. The Bertz CT molecular complexity index is 1130. The number of hydrogen-bond acceptors (Lipinski definition) is 5. The van der Waals surface area contributed by atoms with E-state index in [1.165, 1.54) is 11.3 Å². The Morgan fingerprint density at radius 2 is 1.70 bits per heavy atom. The molecule has 1 N–H and O–H groups in total. The monoisotopic (exact) mass is 464 g/mol. The Morgan fingerprint density at radius 1 is 1.03 bits per heavy atom. The summed E-state index contributed by atoms with van der Waals surface area (Å²) < 4.78 is 11.1. The molecule has 2 heterocycles. The molecule has 1 aliphatic rings. The van der Waals surface area contributed by atoms with Crippen LogP contribution in [0, 0.1) is 20.8 Å². The summed E-state index contributed by atoms with van der Waals surface area (Å²) in [7, 11) is 0. The van der Waals surface area contributed by atoms with E-state index in [2.05, 4.69) is 11.4 Å². The topological polar surface area (TPSA) is 67.9 Å². The van der Waals surface area contributed by atoms with Gasteiger partial charge in [0, 0.05) is 18.0 Å². The van der Waals surface area contributed by atoms with Gasteiger partial charge < -0.3 is 19.7 Å². The van der Waals surface area contributed by atoms with Crippen LogP contribution in [0.5, 0.6) is 5.75 Å². The maximum absolute atomic E-state index is 13.4. The van der Waals surface area contributed by atoms with Gasteiger partial charge in [-0.15, -0.1) is 11.3 Å². The van der Waals surface area contributed by atoms with Crippen LogP contribution in [0.3, 0.4) is 0 Å². The van der Waals surface area contributed by atoms with Crippen molar-refractivity contribution in [2.24, 2.45) is 0 Å². The van der Waals surface area contributed by atoms with Crippen molar-refractivity contribution >= 4 is 28.2 Å². The highest BCUT2D eigenvalue weighted by molar-refractivity contribution is 7.20. The molecule has 0 bridgehead atoms. The van der Waals surface area contributed by atoms with Crippen molar-refractivity contribution in [2.45, 2.75) is 20.8 Å². The molecule has 172 valence electrons. The van der Waals surface area contributed by atoms with Gasteiger partial charge in [-0.2, -0.15) is 0 Å². The van der Waals surface area contributed by atoms with E-state index in [1.54, 1.807) is 4.90 Å². The minimum absolute atomic E-state index is 0.0836. The largest absolute Gasteiger partial charge is 0.484 e. The van der Waals surface area contributed by atoms with Gasteiger partial charge in [-0.05, 0) is 55.2 Å². The van der Waals surface area contributed by atoms with Gasteiger partial charge in [0.25, 0.3) is 11.8 Å². The first-order valence-corrected chi connectivity index (χ1v) is 11.8. The molecule has 7 heteroatoms. The van der Waals surface area contributed by atoms with E-state index in [0.29, 0.717) is 42.6 Å². The summed E-state index contributed by atoms with van der Waals surface area (Å²) in [5.41, 5.74) is 4.58. The van der Waals surface area contributed by atoms with Crippen molar-refractivity contribution in [1.82, 2.24) is 4.90 Å². The molecule has 3 aromatic rings. The van der Waals surface area contributed by atoms with Gasteiger partial charge in [0.1, 0.15) is 10.8 Å². The van der Waals surface area contributed by atoms with Crippen molar-refractivity contribution in [3.05, 3.63) is 70.8 Å². The molecule has 2 amide bonds. The molecule has 1 aromatic heterocycles. The summed E-state index contributed by atoms with van der Waals surface area (Å²) in [6, 6.07) is 15.8. The number of aryl methyl sites for hydroxylation is 2. The standard InChI is InChI=1S/C26H28N2O4S/c1-17-13-18(2)15-21(14-17)32-16-22(29)27-25-23(26(30)28-9-11-31-12-10-28)19(3)24(33-25)20-7-5-4-6-8-20/h4-8,13-15H,9-12,16H2,1-3H3,(H,27,29). The zero-order chi connectivity index (χ0) is 23.4. The first-order chi connectivity index (χ1) is 15.9. The fourth-order valence-corrected chi connectivity index (χ4v) is 5.20. The molecular weight excluding hydrogens is 436 g/mol. The Morgan fingerprint density at radius 3 is 2.36 bits per heavy atom. The molecule has 4 rings (SSSR count). The number of rotatable bonds is 6. The molecular formula is C26H28N2O4S. The molecule has 0 saturated carbocycles. The molecule has 0 atom stereocenters. The van der Waals surface area contributed by atoms with Gasteiger partial charge in [-0.1, -0.05) is 36.4 Å². The summed E-state index contributed by atoms with van der Waals surface area (Å²) >= 11 is 1.42. The SMILES string of the molecule is Cc1cc(C)cc(OCC(=O)Nc2sc(-c3ccccc3)c(C)c2C(=O)N2CCOCC2)c1. The lowest BCUT2D eigenvalue weighted by molar-refractivity contribution is -0.118. The van der Waals surface area contributed by atoms with E-state index in [0.717, 1.165) is 27.1 Å². The predicted molar refractivity (Wildman–Crippen MR) is 131 cm³/mol. The molecule has 0 aliphatic carbocycles. The summed E-state index contributed by atoms with van der Waals surface area (Å²) in [5.74, 6) is 0.269. The van der Waals surface area contributed by atoms with Crippen LogP contribution >= 0.6 is 11.3 Å². The zero-order valence-electron chi connectivity index (χ0n) is 19.1. The van der Waals surface area contributed by atoms with Crippen LogP contribution in [0.2, 0.25) is 0 Å². The second kappa shape index (κ2) is 10.2. The molecule has 6 nitrogen and oxygen atoms in total. The Balaban J connectivity index is 1.58. The molecule has 0 spiro atoms. The van der Waals surface area contributed by atoms with Crippen molar-refractivity contribution < 1.29 is 19.1 Å². The van der Waals surface area contributed by atoms with Gasteiger partial charge in [0.2, 0.25) is 0 Å². The lowest BCUT2D eigenvalue weighted by atomic mass is 10.1. The molecule has 1 aliphatic heterocycles. The van der Waals surface area contributed by atoms with Crippen molar-refractivity contribution in [1.29, 1.82) is 0 Å². The molecule has 2 aromatic carbocycles. The van der Waals surface area contributed by atoms with Gasteiger partial charge in [-0.3, -0.25) is 9.59 Å². The third-order valence-electron chi connectivity index (χ3n) is 5.51. The van der Waals surface area contributed by atoms with E-state index < -0.39 is 0 Å². The van der Waals surface area contributed by atoms with Crippen LogP contribution in [-0.2, 0) is 9.53 Å². The number of hydrogen-bond donors (Lipinski definition) is 1. The number of benzene rings is 2. The maximum atomic E-state index is 13.4. The van der Waals surface area contributed by atoms with Crippen molar-refractivity contribution in [3.8, 4) is 16.2 Å². The number of ether oxygens (including phenoxy) is 2. The lowest BCUT2D eigenvalue weighted by Crippen LogP contribution is -2.41. The highest BCUT2D eigenvalue weighted by Crippen LogP contribution is 2.40. The van der Waals surface area contributed by atoms with Crippen molar-refractivity contribution in [2.75, 3.05) is 38.2 Å². The quantitative estimate of drug-likeness (QED) is 0.567. The molecule has 0 unspecified atom stereocenters. The van der Waals surface area contributed by atoms with Gasteiger partial charge in [0.05, 0.1) is 18.8 Å².